The van der Waals surface area contributed by atoms with Gasteiger partial charge in [-0.15, -0.1) is 13.2 Å². The Balaban J connectivity index is 2.12. The van der Waals surface area contributed by atoms with Crippen LogP contribution in [0.15, 0.2) is 59.7 Å². The fourth-order valence-electron chi connectivity index (χ4n) is 3.15. The van der Waals surface area contributed by atoms with E-state index in [1.54, 1.807) is 5.32 Å². The molecule has 1 atom stereocenters. The number of ether oxygens (including phenoxy) is 1. The maximum atomic E-state index is 13.5. The summed E-state index contributed by atoms with van der Waals surface area (Å²) in [5.74, 6) is -2.01. The first-order valence-corrected chi connectivity index (χ1v) is 10.1. The van der Waals surface area contributed by atoms with Gasteiger partial charge in [-0.3, -0.25) is 14.6 Å². The second kappa shape index (κ2) is 9.60. The summed E-state index contributed by atoms with van der Waals surface area (Å²) in [4.78, 5) is 29.7. The van der Waals surface area contributed by atoms with Crippen LogP contribution < -0.4 is 15.6 Å². The van der Waals surface area contributed by atoms with Crippen molar-refractivity contribution in [1.82, 2.24) is 20.1 Å². The fraction of sp³-hybridized carbons (Fsp3) is 0.273. The molecule has 1 unspecified atom stereocenters. The molecule has 36 heavy (non-hydrogen) atoms. The molecule has 192 valence electrons. The first kappa shape index (κ1) is 26.7. The van der Waals surface area contributed by atoms with Crippen LogP contribution >= 0.6 is 0 Å². The lowest BCUT2D eigenvalue weighted by molar-refractivity contribution is -0.274. The number of benzene rings is 1. The Labute approximate surface area is 199 Å². The molecule has 0 radical (unpaired) electrons. The molecule has 0 saturated carbocycles. The fourth-order valence-corrected chi connectivity index (χ4v) is 3.15. The molecular weight excluding hydrogens is 498 g/mol. The molecule has 1 amide bonds. The first-order chi connectivity index (χ1) is 16.6. The van der Waals surface area contributed by atoms with E-state index >= 15 is 0 Å². The SMILES string of the molecule is CC(C)(O)C(NC(=O)c1cc(-c2ccc(OC(F)(F)F)cc2)nn(-c2cccnc2)c1=O)C(F)(F)F. The van der Waals surface area contributed by atoms with Gasteiger partial charge in [-0.05, 0) is 56.3 Å². The number of carbonyl (C=O) groups excluding carboxylic acids is 1. The van der Waals surface area contributed by atoms with Crippen LogP contribution in [0.2, 0.25) is 0 Å². The average Bonchev–Trinajstić information content (AvgIpc) is 2.76. The van der Waals surface area contributed by atoms with E-state index in [0.717, 1.165) is 44.2 Å². The zero-order valence-electron chi connectivity index (χ0n) is 18.6. The summed E-state index contributed by atoms with van der Waals surface area (Å²) in [6.07, 6.45) is -7.41. The molecule has 3 aromatic rings. The molecule has 8 nitrogen and oxygen atoms in total. The highest BCUT2D eigenvalue weighted by Gasteiger charge is 2.49. The van der Waals surface area contributed by atoms with Crippen LogP contribution in [0.1, 0.15) is 24.2 Å². The number of hydrogen-bond acceptors (Lipinski definition) is 6. The summed E-state index contributed by atoms with van der Waals surface area (Å²) in [5, 5.41) is 15.6. The second-order valence-corrected chi connectivity index (χ2v) is 8.05. The zero-order chi connectivity index (χ0) is 26.9. The predicted molar refractivity (Wildman–Crippen MR) is 113 cm³/mol. The van der Waals surface area contributed by atoms with Crippen molar-refractivity contribution in [3.05, 3.63) is 70.8 Å². The average molecular weight is 516 g/mol. The third kappa shape index (κ3) is 6.38. The highest BCUT2D eigenvalue weighted by Crippen LogP contribution is 2.29. The highest BCUT2D eigenvalue weighted by atomic mass is 19.4. The molecule has 0 spiro atoms. The largest absolute Gasteiger partial charge is 0.573 e. The Morgan fingerprint density at radius 2 is 1.72 bits per heavy atom. The number of hydrogen-bond donors (Lipinski definition) is 2. The van der Waals surface area contributed by atoms with Crippen molar-refractivity contribution in [2.45, 2.75) is 38.0 Å². The predicted octanol–water partition coefficient (Wildman–Crippen LogP) is 3.62. The van der Waals surface area contributed by atoms with Crippen molar-refractivity contribution in [2.24, 2.45) is 0 Å². The second-order valence-electron chi connectivity index (χ2n) is 8.05. The van der Waals surface area contributed by atoms with Gasteiger partial charge in [0.15, 0.2) is 6.04 Å². The number of nitrogens with one attached hydrogen (secondary N) is 1. The normalized spacial score (nSPS) is 13.2. The monoisotopic (exact) mass is 516 g/mol. The van der Waals surface area contributed by atoms with Gasteiger partial charge in [0.05, 0.1) is 23.2 Å². The topological polar surface area (TPSA) is 106 Å². The molecular formula is C22H18F6N4O4. The van der Waals surface area contributed by atoms with Crippen molar-refractivity contribution in [2.75, 3.05) is 0 Å². The number of pyridine rings is 1. The van der Waals surface area contributed by atoms with Crippen LogP contribution in [0.3, 0.4) is 0 Å². The van der Waals surface area contributed by atoms with E-state index < -0.39 is 47.0 Å². The van der Waals surface area contributed by atoms with Gasteiger partial charge in [0.1, 0.15) is 11.3 Å². The minimum absolute atomic E-state index is 0.0604. The maximum Gasteiger partial charge on any atom is 0.573 e. The van der Waals surface area contributed by atoms with Gasteiger partial charge >= 0.3 is 12.5 Å². The van der Waals surface area contributed by atoms with E-state index in [9.17, 15) is 41.0 Å². The van der Waals surface area contributed by atoms with Crippen molar-refractivity contribution in [1.29, 1.82) is 0 Å². The number of carbonyl (C=O) groups is 1. The Morgan fingerprint density at radius 1 is 1.08 bits per heavy atom. The summed E-state index contributed by atoms with van der Waals surface area (Å²) in [6, 6.07) is 5.21. The summed E-state index contributed by atoms with van der Waals surface area (Å²) < 4.78 is 82.2. The zero-order valence-corrected chi connectivity index (χ0v) is 18.6. The molecule has 0 aliphatic heterocycles. The molecule has 0 aliphatic carbocycles. The van der Waals surface area contributed by atoms with E-state index in [1.807, 2.05) is 0 Å². The van der Waals surface area contributed by atoms with Crippen LogP contribution in [0.4, 0.5) is 26.3 Å². The number of aromatic nitrogens is 3. The van der Waals surface area contributed by atoms with Crippen LogP contribution in [-0.2, 0) is 0 Å². The van der Waals surface area contributed by atoms with Gasteiger partial charge in [0.2, 0.25) is 0 Å². The van der Waals surface area contributed by atoms with Gasteiger partial charge in [0, 0.05) is 11.8 Å². The summed E-state index contributed by atoms with van der Waals surface area (Å²) in [6.45, 7) is 1.67. The van der Waals surface area contributed by atoms with Crippen LogP contribution in [0.25, 0.3) is 16.9 Å². The lowest BCUT2D eigenvalue weighted by Crippen LogP contribution is -2.58. The third-order valence-electron chi connectivity index (χ3n) is 4.74. The summed E-state index contributed by atoms with van der Waals surface area (Å²) in [7, 11) is 0. The maximum absolute atomic E-state index is 13.5. The van der Waals surface area contributed by atoms with E-state index in [1.165, 1.54) is 24.5 Å². The Morgan fingerprint density at radius 3 is 2.22 bits per heavy atom. The summed E-state index contributed by atoms with van der Waals surface area (Å²) in [5.41, 5.74) is -4.25. The Bertz CT molecular complexity index is 1270. The highest BCUT2D eigenvalue weighted by molar-refractivity contribution is 5.95. The molecule has 0 bridgehead atoms. The molecule has 0 saturated heterocycles. The Hall–Kier alpha value is -3.94. The van der Waals surface area contributed by atoms with Crippen LogP contribution in [0.5, 0.6) is 5.75 Å². The number of alkyl halides is 6. The number of nitrogens with zero attached hydrogens (tertiary/aromatic N) is 3. The molecule has 3 rings (SSSR count). The molecule has 2 aromatic heterocycles. The Kier molecular flexibility index (Phi) is 7.11. The van der Waals surface area contributed by atoms with Crippen molar-refractivity contribution >= 4 is 5.91 Å². The first-order valence-electron chi connectivity index (χ1n) is 10.1. The van der Waals surface area contributed by atoms with Gasteiger partial charge in [-0.25, -0.2) is 0 Å². The molecule has 1 aromatic carbocycles. The van der Waals surface area contributed by atoms with E-state index in [4.69, 9.17) is 0 Å². The number of amides is 1. The number of halogens is 6. The van der Waals surface area contributed by atoms with Gasteiger partial charge in [-0.2, -0.15) is 23.0 Å². The molecule has 2 N–H and O–H groups in total. The third-order valence-corrected chi connectivity index (χ3v) is 4.74. The molecule has 0 fully saturated rings. The van der Waals surface area contributed by atoms with Crippen molar-refractivity contribution < 1.29 is 41.0 Å². The van der Waals surface area contributed by atoms with Crippen LogP contribution in [0, 0.1) is 0 Å². The van der Waals surface area contributed by atoms with E-state index in [-0.39, 0.29) is 16.9 Å². The van der Waals surface area contributed by atoms with Crippen molar-refractivity contribution in [3.63, 3.8) is 0 Å². The lowest BCUT2D eigenvalue weighted by atomic mass is 9.98. The molecule has 2 heterocycles. The molecule has 14 heteroatoms. The minimum atomic E-state index is -5.06. The standard InChI is InChI=1S/C22H18F6N4O4/c1-20(2,35)19(21(23,24)25)30-17(33)15-10-16(12-5-7-14(8-6-12)36-22(26,27)28)31-32(18(15)34)13-4-3-9-29-11-13/h3-11,19,35H,1-2H3,(H,30,33). The number of aliphatic hydroxyl groups is 1. The van der Waals surface area contributed by atoms with Gasteiger partial charge < -0.3 is 15.2 Å². The van der Waals surface area contributed by atoms with Gasteiger partial charge in [-0.1, -0.05) is 0 Å². The van der Waals surface area contributed by atoms with Crippen molar-refractivity contribution in [3.8, 4) is 22.7 Å². The number of rotatable bonds is 6. The lowest BCUT2D eigenvalue weighted by Gasteiger charge is -2.31. The van der Waals surface area contributed by atoms with Gasteiger partial charge in [0.25, 0.3) is 11.5 Å². The summed E-state index contributed by atoms with van der Waals surface area (Å²) >= 11 is 0. The van der Waals surface area contributed by atoms with E-state index in [0.29, 0.717) is 4.68 Å². The quantitative estimate of drug-likeness (QED) is 0.485. The van der Waals surface area contributed by atoms with Crippen LogP contribution in [-0.4, -0.2) is 50.0 Å². The minimum Gasteiger partial charge on any atom is -0.406 e. The molecule has 0 aliphatic rings. The smallest absolute Gasteiger partial charge is 0.406 e. The van der Waals surface area contributed by atoms with E-state index in [2.05, 4.69) is 14.8 Å².